The highest BCUT2D eigenvalue weighted by Crippen LogP contribution is 2.47. The third-order valence-electron chi connectivity index (χ3n) is 13.4. The molecule has 13 aromatic rings. The van der Waals surface area contributed by atoms with Gasteiger partial charge >= 0.3 is 0 Å². The molecule has 0 amide bonds. The summed E-state index contributed by atoms with van der Waals surface area (Å²) in [6.07, 6.45) is 0. The van der Waals surface area contributed by atoms with Crippen LogP contribution in [0.3, 0.4) is 0 Å². The lowest BCUT2D eigenvalue weighted by Crippen LogP contribution is -2.10. The molecule has 0 saturated carbocycles. The minimum absolute atomic E-state index is 1.12. The summed E-state index contributed by atoms with van der Waals surface area (Å²) < 4.78 is 2.63. The summed E-state index contributed by atoms with van der Waals surface area (Å²) in [5.41, 5.74) is 11.6. The molecule has 2 nitrogen and oxygen atoms in total. The summed E-state index contributed by atoms with van der Waals surface area (Å²) in [5, 5.41) is 12.7. The van der Waals surface area contributed by atoms with Crippen molar-refractivity contribution in [2.45, 2.75) is 0 Å². The molecule has 12 aromatic carbocycles. The fraction of sp³-hybridized carbons (Fsp3) is 0. The Kier molecular flexibility index (Phi) is 9.40. The standard InChI is InChI=1S/C64H42N2S/c1-3-19-49(20-4-1)65(60-27-13-17-45-15-7-9-23-53(45)60)51-35-29-43(30-36-51)47-33-39-57-59(41-47)55-25-11-12-26-56(55)63-58-40-34-48(42-62(58)67-64(57)63)44-31-37-52(38-32-44)66(50-21-5-2-6-22-50)61-28-14-18-46-16-8-10-24-54(46)61/h1-42H. The van der Waals surface area contributed by atoms with Crippen molar-refractivity contribution in [3.8, 4) is 22.3 Å². The van der Waals surface area contributed by atoms with Gasteiger partial charge in [0.25, 0.3) is 0 Å². The van der Waals surface area contributed by atoms with E-state index in [0.717, 1.165) is 34.1 Å². The van der Waals surface area contributed by atoms with Gasteiger partial charge in [0.1, 0.15) is 0 Å². The Bertz CT molecular complexity index is 3960. The second-order valence-electron chi connectivity index (χ2n) is 17.3. The van der Waals surface area contributed by atoms with Crippen LogP contribution in [0.15, 0.2) is 255 Å². The summed E-state index contributed by atoms with van der Waals surface area (Å²) >= 11 is 1.91. The molecule has 1 heterocycles. The summed E-state index contributed by atoms with van der Waals surface area (Å²) in [4.78, 5) is 4.73. The maximum absolute atomic E-state index is 2.40. The SMILES string of the molecule is c1ccc(N(c2ccc(-c3ccc4c(c3)sc3c5ccc(-c6ccc(N(c7ccccc7)c7cccc8ccccc78)cc6)cc5c5ccccc5c43)cc2)c2cccc3ccccc23)cc1. The number of anilines is 6. The molecule has 0 unspecified atom stereocenters. The van der Waals surface area contributed by atoms with E-state index in [1.807, 2.05) is 11.3 Å². The Labute approximate surface area is 393 Å². The summed E-state index contributed by atoms with van der Waals surface area (Å²) in [7, 11) is 0. The summed E-state index contributed by atoms with van der Waals surface area (Å²) in [5.74, 6) is 0. The monoisotopic (exact) mass is 870 g/mol. The fourth-order valence-electron chi connectivity index (χ4n) is 10.2. The van der Waals surface area contributed by atoms with E-state index in [0.29, 0.717) is 0 Å². The zero-order chi connectivity index (χ0) is 44.3. The van der Waals surface area contributed by atoms with Crippen molar-refractivity contribution < 1.29 is 0 Å². The Morgan fingerprint density at radius 3 is 1.22 bits per heavy atom. The Morgan fingerprint density at radius 2 is 0.672 bits per heavy atom. The lowest BCUT2D eigenvalue weighted by molar-refractivity contribution is 1.30. The molecular weight excluding hydrogens is 829 g/mol. The molecule has 0 radical (unpaired) electrons. The highest BCUT2D eigenvalue weighted by atomic mass is 32.1. The first-order chi connectivity index (χ1) is 33.2. The highest BCUT2D eigenvalue weighted by Gasteiger charge is 2.19. The van der Waals surface area contributed by atoms with Gasteiger partial charge in [-0.2, -0.15) is 0 Å². The molecule has 314 valence electrons. The van der Waals surface area contributed by atoms with Crippen LogP contribution in [0.2, 0.25) is 0 Å². The third-order valence-corrected chi connectivity index (χ3v) is 14.6. The first-order valence-electron chi connectivity index (χ1n) is 22.9. The quantitative estimate of drug-likeness (QED) is 0.140. The van der Waals surface area contributed by atoms with Gasteiger partial charge in [0, 0.05) is 59.1 Å². The van der Waals surface area contributed by atoms with Crippen molar-refractivity contribution in [2.24, 2.45) is 0 Å². The number of fused-ring (bicyclic) bond motifs is 10. The smallest absolute Gasteiger partial charge is 0.0540 e. The largest absolute Gasteiger partial charge is 0.310 e. The molecule has 0 aliphatic carbocycles. The van der Waals surface area contributed by atoms with Gasteiger partial charge in [-0.25, -0.2) is 0 Å². The number of hydrogen-bond acceptors (Lipinski definition) is 3. The van der Waals surface area contributed by atoms with Crippen molar-refractivity contribution in [1.82, 2.24) is 0 Å². The molecule has 0 fully saturated rings. The summed E-state index contributed by atoms with van der Waals surface area (Å²) in [6.45, 7) is 0. The van der Waals surface area contributed by atoms with Gasteiger partial charge in [0.05, 0.1) is 11.4 Å². The van der Waals surface area contributed by atoms with Crippen LogP contribution in [-0.4, -0.2) is 0 Å². The van der Waals surface area contributed by atoms with Gasteiger partial charge in [0.2, 0.25) is 0 Å². The molecule has 0 bridgehead atoms. The zero-order valence-electron chi connectivity index (χ0n) is 36.6. The maximum atomic E-state index is 2.40. The van der Waals surface area contributed by atoms with E-state index in [2.05, 4.69) is 265 Å². The van der Waals surface area contributed by atoms with Crippen molar-refractivity contribution in [3.05, 3.63) is 255 Å². The van der Waals surface area contributed by atoms with Crippen molar-refractivity contribution in [1.29, 1.82) is 0 Å². The van der Waals surface area contributed by atoms with Gasteiger partial charge in [-0.15, -0.1) is 11.3 Å². The number of thiophene rings is 1. The van der Waals surface area contributed by atoms with E-state index >= 15 is 0 Å². The molecule has 0 atom stereocenters. The number of para-hydroxylation sites is 2. The average Bonchev–Trinajstić information content (AvgIpc) is 3.79. The van der Waals surface area contributed by atoms with E-state index in [-0.39, 0.29) is 0 Å². The van der Waals surface area contributed by atoms with Crippen LogP contribution in [0.5, 0.6) is 0 Å². The lowest BCUT2D eigenvalue weighted by Gasteiger charge is -2.27. The Morgan fingerprint density at radius 1 is 0.254 bits per heavy atom. The van der Waals surface area contributed by atoms with Crippen LogP contribution in [-0.2, 0) is 0 Å². The van der Waals surface area contributed by atoms with Crippen molar-refractivity contribution in [3.63, 3.8) is 0 Å². The molecule has 13 rings (SSSR count). The van der Waals surface area contributed by atoms with Gasteiger partial charge < -0.3 is 9.80 Å². The number of nitrogens with zero attached hydrogens (tertiary/aromatic N) is 2. The first-order valence-corrected chi connectivity index (χ1v) is 23.7. The predicted molar refractivity (Wildman–Crippen MR) is 290 cm³/mol. The van der Waals surface area contributed by atoms with Crippen LogP contribution < -0.4 is 9.80 Å². The van der Waals surface area contributed by atoms with E-state index in [4.69, 9.17) is 0 Å². The van der Waals surface area contributed by atoms with Crippen LogP contribution in [0.25, 0.3) is 85.5 Å². The Hall–Kier alpha value is -8.50. The van der Waals surface area contributed by atoms with Gasteiger partial charge in [-0.05, 0) is 122 Å². The topological polar surface area (TPSA) is 6.48 Å². The summed E-state index contributed by atoms with van der Waals surface area (Å²) in [6, 6.07) is 92.9. The maximum Gasteiger partial charge on any atom is 0.0540 e. The number of hydrogen-bond donors (Lipinski definition) is 0. The first kappa shape index (κ1) is 38.9. The van der Waals surface area contributed by atoms with Gasteiger partial charge in [-0.3, -0.25) is 0 Å². The molecular formula is C64H42N2S. The molecule has 3 heteroatoms. The van der Waals surface area contributed by atoms with Crippen LogP contribution >= 0.6 is 11.3 Å². The molecule has 67 heavy (non-hydrogen) atoms. The predicted octanol–water partition coefficient (Wildman–Crippen LogP) is 18.9. The third kappa shape index (κ3) is 6.71. The van der Waals surface area contributed by atoms with E-state index in [1.165, 1.54) is 85.5 Å². The number of rotatable bonds is 8. The molecule has 0 N–H and O–H groups in total. The molecule has 0 saturated heterocycles. The van der Waals surface area contributed by atoms with Crippen molar-refractivity contribution >= 4 is 109 Å². The second-order valence-corrected chi connectivity index (χ2v) is 18.3. The normalized spacial score (nSPS) is 11.6. The minimum Gasteiger partial charge on any atom is -0.310 e. The minimum atomic E-state index is 1.12. The lowest BCUT2D eigenvalue weighted by atomic mass is 9.94. The second kappa shape index (κ2) is 16.2. The number of benzene rings is 12. The average molecular weight is 871 g/mol. The van der Waals surface area contributed by atoms with E-state index in [9.17, 15) is 0 Å². The van der Waals surface area contributed by atoms with E-state index in [1.54, 1.807) is 0 Å². The molecule has 0 spiro atoms. The highest BCUT2D eigenvalue weighted by molar-refractivity contribution is 7.27. The van der Waals surface area contributed by atoms with Crippen molar-refractivity contribution in [2.75, 3.05) is 9.80 Å². The fourth-order valence-corrected chi connectivity index (χ4v) is 11.5. The van der Waals surface area contributed by atoms with Gasteiger partial charge in [-0.1, -0.05) is 182 Å². The van der Waals surface area contributed by atoms with Crippen LogP contribution in [0, 0.1) is 0 Å². The van der Waals surface area contributed by atoms with Crippen LogP contribution in [0.4, 0.5) is 34.1 Å². The molecule has 0 aliphatic heterocycles. The van der Waals surface area contributed by atoms with Crippen LogP contribution in [0.1, 0.15) is 0 Å². The van der Waals surface area contributed by atoms with Gasteiger partial charge in [0.15, 0.2) is 0 Å². The molecule has 0 aliphatic rings. The molecule has 1 aromatic heterocycles. The zero-order valence-corrected chi connectivity index (χ0v) is 37.4. The Balaban J connectivity index is 0.872. The van der Waals surface area contributed by atoms with E-state index < -0.39 is 0 Å².